The van der Waals surface area contributed by atoms with Gasteiger partial charge in [-0.1, -0.05) is 17.5 Å². The summed E-state index contributed by atoms with van der Waals surface area (Å²) in [7, 11) is 0. The molecule has 0 atom stereocenters. The fraction of sp³-hybridized carbons (Fsp3) is 0. The number of benzene rings is 2. The van der Waals surface area contributed by atoms with Crippen molar-refractivity contribution < 1.29 is 9.59 Å². The van der Waals surface area contributed by atoms with Crippen LogP contribution in [-0.2, 0) is 0 Å². The minimum atomic E-state index is -0.626. The first-order valence-corrected chi connectivity index (χ1v) is 6.36. The molecule has 0 heterocycles. The normalized spacial score (nSPS) is 9.71. The monoisotopic (exact) mass is 298 g/mol. The third kappa shape index (κ3) is 3.41. The Morgan fingerprint density at radius 1 is 1.14 bits per heavy atom. The molecular weight excluding hydrogens is 288 g/mol. The highest BCUT2D eigenvalue weighted by Crippen LogP contribution is 2.17. The summed E-state index contributed by atoms with van der Waals surface area (Å²) in [4.78, 5) is 23.5. The molecule has 2 aromatic carbocycles. The molecule has 2 amide bonds. The quantitative estimate of drug-likeness (QED) is 0.855. The van der Waals surface area contributed by atoms with E-state index >= 15 is 0 Å². The molecule has 0 aliphatic heterocycles. The van der Waals surface area contributed by atoms with E-state index in [1.807, 2.05) is 0 Å². The molecule has 2 rings (SSSR count). The first kappa shape index (κ1) is 14.6. The van der Waals surface area contributed by atoms with E-state index in [-0.39, 0.29) is 11.1 Å². The van der Waals surface area contributed by atoms with Gasteiger partial charge in [0.05, 0.1) is 5.56 Å². The van der Waals surface area contributed by atoms with Gasteiger partial charge in [-0.25, -0.2) is 0 Å². The average molecular weight is 299 g/mol. The van der Waals surface area contributed by atoms with Crippen molar-refractivity contribution in [3.8, 4) is 12.3 Å². The van der Waals surface area contributed by atoms with Gasteiger partial charge in [0.2, 0.25) is 5.91 Å². The second-order valence-corrected chi connectivity index (χ2v) is 4.67. The number of primary amides is 1. The van der Waals surface area contributed by atoms with Crippen molar-refractivity contribution in [1.82, 2.24) is 0 Å². The van der Waals surface area contributed by atoms with E-state index in [1.165, 1.54) is 18.2 Å². The standard InChI is InChI=1S/C16H11ClN2O2/c1-2-10-3-4-11(15(18)20)9-14(10)16(21)19-13-7-5-12(17)6-8-13/h1,3-9H,(H2,18,20)(H,19,21). The fourth-order valence-electron chi connectivity index (χ4n) is 1.74. The molecule has 0 aliphatic rings. The minimum Gasteiger partial charge on any atom is -0.366 e. The molecule has 2 aromatic rings. The molecule has 21 heavy (non-hydrogen) atoms. The van der Waals surface area contributed by atoms with Crippen LogP contribution in [0.2, 0.25) is 5.02 Å². The van der Waals surface area contributed by atoms with Crippen molar-refractivity contribution >= 4 is 29.1 Å². The van der Waals surface area contributed by atoms with Crippen LogP contribution in [0, 0.1) is 12.3 Å². The van der Waals surface area contributed by atoms with Crippen LogP contribution in [0.1, 0.15) is 26.3 Å². The van der Waals surface area contributed by atoms with E-state index in [4.69, 9.17) is 23.8 Å². The van der Waals surface area contributed by atoms with Crippen LogP contribution in [0.4, 0.5) is 5.69 Å². The van der Waals surface area contributed by atoms with Crippen molar-refractivity contribution in [2.75, 3.05) is 5.32 Å². The summed E-state index contributed by atoms with van der Waals surface area (Å²) in [5.41, 5.74) is 6.58. The third-order valence-corrected chi connectivity index (χ3v) is 3.06. The number of hydrogen-bond donors (Lipinski definition) is 2. The highest BCUT2D eigenvalue weighted by atomic mass is 35.5. The summed E-state index contributed by atoms with van der Waals surface area (Å²) in [6.45, 7) is 0. The van der Waals surface area contributed by atoms with Gasteiger partial charge in [0, 0.05) is 21.8 Å². The zero-order valence-corrected chi connectivity index (χ0v) is 11.6. The lowest BCUT2D eigenvalue weighted by Gasteiger charge is -2.08. The lowest BCUT2D eigenvalue weighted by atomic mass is 10.0. The molecule has 0 saturated heterocycles. The van der Waals surface area contributed by atoms with E-state index in [1.54, 1.807) is 24.3 Å². The van der Waals surface area contributed by atoms with Gasteiger partial charge in [-0.15, -0.1) is 6.42 Å². The summed E-state index contributed by atoms with van der Waals surface area (Å²) in [5, 5.41) is 3.24. The zero-order valence-electron chi connectivity index (χ0n) is 10.9. The summed E-state index contributed by atoms with van der Waals surface area (Å²) in [6.07, 6.45) is 5.36. The van der Waals surface area contributed by atoms with Crippen LogP contribution in [-0.4, -0.2) is 11.8 Å². The van der Waals surface area contributed by atoms with Gasteiger partial charge in [0.15, 0.2) is 0 Å². The van der Waals surface area contributed by atoms with E-state index in [9.17, 15) is 9.59 Å². The van der Waals surface area contributed by atoms with Crippen LogP contribution in [0.5, 0.6) is 0 Å². The Hall–Kier alpha value is -2.77. The van der Waals surface area contributed by atoms with Gasteiger partial charge in [0.1, 0.15) is 0 Å². The van der Waals surface area contributed by atoms with Crippen LogP contribution in [0.15, 0.2) is 42.5 Å². The minimum absolute atomic E-state index is 0.212. The highest BCUT2D eigenvalue weighted by Gasteiger charge is 2.13. The van der Waals surface area contributed by atoms with Gasteiger partial charge >= 0.3 is 0 Å². The molecule has 0 saturated carbocycles. The van der Waals surface area contributed by atoms with Crippen molar-refractivity contribution in [2.45, 2.75) is 0 Å². The molecule has 0 spiro atoms. The number of hydrogen-bond acceptors (Lipinski definition) is 2. The number of nitrogens with one attached hydrogen (secondary N) is 1. The molecule has 0 aliphatic carbocycles. The van der Waals surface area contributed by atoms with Crippen LogP contribution < -0.4 is 11.1 Å². The second-order valence-electron chi connectivity index (χ2n) is 4.23. The summed E-state index contributed by atoms with van der Waals surface area (Å²) >= 11 is 5.78. The van der Waals surface area contributed by atoms with E-state index < -0.39 is 11.8 Å². The predicted molar refractivity (Wildman–Crippen MR) is 82.3 cm³/mol. The Labute approximate surface area is 126 Å². The third-order valence-electron chi connectivity index (χ3n) is 2.81. The number of terminal acetylenes is 1. The maximum atomic E-state index is 12.3. The average Bonchev–Trinajstić information content (AvgIpc) is 2.48. The molecule has 0 aromatic heterocycles. The Bertz CT molecular complexity index is 746. The van der Waals surface area contributed by atoms with Gasteiger partial charge in [-0.2, -0.15) is 0 Å². The van der Waals surface area contributed by atoms with Crippen LogP contribution in [0.3, 0.4) is 0 Å². The van der Waals surface area contributed by atoms with Crippen LogP contribution in [0.25, 0.3) is 0 Å². The van der Waals surface area contributed by atoms with E-state index in [0.717, 1.165) is 0 Å². The molecule has 0 unspecified atom stereocenters. The number of carbonyl (C=O) groups is 2. The number of rotatable bonds is 3. The van der Waals surface area contributed by atoms with E-state index in [0.29, 0.717) is 16.3 Å². The number of halogens is 1. The highest BCUT2D eigenvalue weighted by molar-refractivity contribution is 6.30. The Balaban J connectivity index is 2.33. The second kappa shape index (κ2) is 6.12. The Kier molecular flexibility index (Phi) is 4.27. The molecular formula is C16H11ClN2O2. The Morgan fingerprint density at radius 3 is 2.38 bits per heavy atom. The lowest BCUT2D eigenvalue weighted by Crippen LogP contribution is -2.16. The van der Waals surface area contributed by atoms with Gasteiger partial charge in [-0.3, -0.25) is 9.59 Å². The maximum absolute atomic E-state index is 12.3. The Morgan fingerprint density at radius 2 is 1.81 bits per heavy atom. The first-order chi connectivity index (χ1) is 10.0. The number of amides is 2. The zero-order chi connectivity index (χ0) is 15.4. The summed E-state index contributed by atoms with van der Waals surface area (Å²) in [6, 6.07) is 11.0. The van der Waals surface area contributed by atoms with Gasteiger partial charge in [0.25, 0.3) is 5.91 Å². The number of anilines is 1. The SMILES string of the molecule is C#Cc1ccc(C(N)=O)cc1C(=O)Nc1ccc(Cl)cc1. The van der Waals surface area contributed by atoms with Crippen molar-refractivity contribution in [3.63, 3.8) is 0 Å². The maximum Gasteiger partial charge on any atom is 0.256 e. The largest absolute Gasteiger partial charge is 0.366 e. The van der Waals surface area contributed by atoms with Gasteiger partial charge < -0.3 is 11.1 Å². The molecule has 5 heteroatoms. The van der Waals surface area contributed by atoms with Crippen molar-refractivity contribution in [1.29, 1.82) is 0 Å². The van der Waals surface area contributed by atoms with Crippen molar-refractivity contribution in [2.24, 2.45) is 5.73 Å². The lowest BCUT2D eigenvalue weighted by molar-refractivity contribution is 0.1000. The fourth-order valence-corrected chi connectivity index (χ4v) is 1.87. The summed E-state index contributed by atoms with van der Waals surface area (Å²) in [5.74, 6) is 1.35. The first-order valence-electron chi connectivity index (χ1n) is 5.98. The van der Waals surface area contributed by atoms with Crippen molar-refractivity contribution in [3.05, 3.63) is 64.2 Å². The molecule has 4 nitrogen and oxygen atoms in total. The van der Waals surface area contributed by atoms with Gasteiger partial charge in [-0.05, 0) is 42.5 Å². The predicted octanol–water partition coefficient (Wildman–Crippen LogP) is 2.67. The number of nitrogens with two attached hydrogens (primary N) is 1. The molecule has 0 fully saturated rings. The summed E-state index contributed by atoms with van der Waals surface area (Å²) < 4.78 is 0. The smallest absolute Gasteiger partial charge is 0.256 e. The molecule has 3 N–H and O–H groups in total. The molecule has 104 valence electrons. The van der Waals surface area contributed by atoms with E-state index in [2.05, 4.69) is 11.2 Å². The van der Waals surface area contributed by atoms with Crippen LogP contribution >= 0.6 is 11.6 Å². The number of carbonyl (C=O) groups excluding carboxylic acids is 2. The molecule has 0 bridgehead atoms. The topological polar surface area (TPSA) is 72.2 Å². The molecule has 0 radical (unpaired) electrons.